The SMILES string of the molecule is c1ccc(-c2cccc(-c3c4ccccc4c(-c4ccc5oc6c7cc(-c8cncc(-c9cccc(-c%10c%11ccccc%11c(-c%11ccc%12oc%13c%14ccccc%14ccc%13c%12c%11)c%11ccccc%10%11)n9)c8)ccc7ccc6c5c4)c4ccccc34)n2)nc1. The van der Waals surface area contributed by atoms with E-state index in [-0.39, 0.29) is 0 Å². The molecule has 0 amide bonds. The van der Waals surface area contributed by atoms with Crippen molar-refractivity contribution in [3.63, 3.8) is 0 Å². The molecule has 0 atom stereocenters. The number of nitrogens with zero attached hydrogens (tertiary/aromatic N) is 4. The molecule has 0 N–H and O–H groups in total. The molecule has 0 fully saturated rings. The molecule has 0 saturated carbocycles. The number of rotatable bonds is 7. The quantitative estimate of drug-likeness (QED) is 0.148. The summed E-state index contributed by atoms with van der Waals surface area (Å²) in [6, 6.07) is 92.8. The van der Waals surface area contributed by atoms with E-state index in [0.29, 0.717) is 0 Å². The van der Waals surface area contributed by atoms with Crippen molar-refractivity contribution in [1.82, 2.24) is 19.9 Å². The van der Waals surface area contributed by atoms with Crippen LogP contribution in [-0.2, 0) is 0 Å². The number of hydrogen-bond acceptors (Lipinski definition) is 6. The van der Waals surface area contributed by atoms with Gasteiger partial charge in [0.25, 0.3) is 0 Å². The Kier molecular flexibility index (Phi) is 10.6. The minimum atomic E-state index is 0.839. The fourth-order valence-corrected chi connectivity index (χ4v) is 13.7. The van der Waals surface area contributed by atoms with Gasteiger partial charge in [-0.15, -0.1) is 0 Å². The summed E-state index contributed by atoms with van der Waals surface area (Å²) in [4.78, 5) is 20.2. The van der Waals surface area contributed by atoms with Crippen LogP contribution in [0.15, 0.2) is 288 Å². The summed E-state index contributed by atoms with van der Waals surface area (Å²) in [7, 11) is 0. The standard InChI is InChI=1S/C80H46N4O2/c1-2-16-54-47(15-1)32-36-63-66-43-50(34-38-73(66)85-79(54)63)75-55-17-3-7-21-59(55)77(60-22-8-4-18-56(60)75)71-28-13-26-68(83-71)53-41-52(45-81-46-53)49-31-30-48-33-37-64-67-44-51(35-39-74(67)86-80(64)65(48)42-49)76-57-19-5-9-23-61(57)78(62-24-10-6-20-58(62)76)72-29-14-27-70(84-72)69-25-11-12-40-82-69/h1-46H. The molecule has 0 spiro atoms. The highest BCUT2D eigenvalue weighted by atomic mass is 16.3. The molecule has 0 aliphatic rings. The smallest absolute Gasteiger partial charge is 0.143 e. The van der Waals surface area contributed by atoms with Crippen LogP contribution in [0.4, 0.5) is 0 Å². The first kappa shape index (κ1) is 48.0. The predicted molar refractivity (Wildman–Crippen MR) is 355 cm³/mol. The third kappa shape index (κ3) is 7.46. The van der Waals surface area contributed by atoms with E-state index < -0.39 is 0 Å². The van der Waals surface area contributed by atoms with E-state index in [1.807, 2.05) is 42.9 Å². The Morgan fingerprint density at radius 3 is 1.21 bits per heavy atom. The van der Waals surface area contributed by atoms with Crippen LogP contribution in [0, 0.1) is 0 Å². The normalized spacial score (nSPS) is 12.0. The summed E-state index contributed by atoms with van der Waals surface area (Å²) < 4.78 is 13.5. The van der Waals surface area contributed by atoms with Gasteiger partial charge in [0.2, 0.25) is 0 Å². The van der Waals surface area contributed by atoms with Gasteiger partial charge in [0.15, 0.2) is 0 Å². The number of furan rings is 2. The topological polar surface area (TPSA) is 77.8 Å². The van der Waals surface area contributed by atoms with E-state index in [4.69, 9.17) is 23.8 Å². The molecule has 6 aromatic heterocycles. The Bertz CT molecular complexity index is 5750. The van der Waals surface area contributed by atoms with Crippen molar-refractivity contribution in [3.8, 4) is 78.5 Å². The Morgan fingerprint density at radius 2 is 0.651 bits per heavy atom. The first-order valence-electron chi connectivity index (χ1n) is 29.1. The number of pyridine rings is 4. The fourth-order valence-electron chi connectivity index (χ4n) is 13.7. The van der Waals surface area contributed by atoms with Gasteiger partial charge in [-0.05, 0) is 167 Å². The largest absolute Gasteiger partial charge is 0.455 e. The van der Waals surface area contributed by atoms with Crippen LogP contribution >= 0.6 is 0 Å². The first-order valence-corrected chi connectivity index (χ1v) is 29.1. The van der Waals surface area contributed by atoms with Gasteiger partial charge in [-0.2, -0.15) is 0 Å². The van der Waals surface area contributed by atoms with E-state index in [1.165, 1.54) is 16.5 Å². The van der Waals surface area contributed by atoms with Crippen molar-refractivity contribution in [2.45, 2.75) is 0 Å². The van der Waals surface area contributed by atoms with Crippen LogP contribution < -0.4 is 0 Å². The van der Waals surface area contributed by atoms with E-state index in [0.717, 1.165) is 171 Å². The Morgan fingerprint density at radius 1 is 0.233 bits per heavy atom. The van der Waals surface area contributed by atoms with Crippen LogP contribution in [-0.4, -0.2) is 19.9 Å². The highest BCUT2D eigenvalue weighted by molar-refractivity contribution is 6.25. The van der Waals surface area contributed by atoms with Crippen molar-refractivity contribution in [3.05, 3.63) is 279 Å². The first-order chi connectivity index (χ1) is 42.6. The molecule has 6 nitrogen and oxygen atoms in total. The maximum Gasteiger partial charge on any atom is 0.143 e. The Labute approximate surface area is 492 Å². The van der Waals surface area contributed by atoms with E-state index >= 15 is 0 Å². The maximum atomic E-state index is 6.89. The zero-order chi connectivity index (χ0) is 56.4. The molecular weight excluding hydrogens is 1050 g/mol. The minimum Gasteiger partial charge on any atom is -0.455 e. The monoisotopic (exact) mass is 1090 g/mol. The number of fused-ring (bicyclic) bond motifs is 14. The van der Waals surface area contributed by atoms with Gasteiger partial charge < -0.3 is 8.83 Å². The average Bonchev–Trinajstić information content (AvgIpc) is 1.35. The maximum absolute atomic E-state index is 6.89. The molecule has 0 aliphatic carbocycles. The van der Waals surface area contributed by atoms with Crippen LogP contribution in [0.25, 0.3) is 187 Å². The lowest BCUT2D eigenvalue weighted by molar-refractivity contribution is 0.672. The second kappa shape index (κ2) is 19.0. The second-order valence-corrected chi connectivity index (χ2v) is 22.3. The van der Waals surface area contributed by atoms with Crippen molar-refractivity contribution in [2.24, 2.45) is 0 Å². The summed E-state index contributed by atoms with van der Waals surface area (Å²) >= 11 is 0. The van der Waals surface area contributed by atoms with Crippen molar-refractivity contribution >= 4 is 109 Å². The zero-order valence-corrected chi connectivity index (χ0v) is 46.2. The minimum absolute atomic E-state index is 0.839. The highest BCUT2D eigenvalue weighted by Crippen LogP contribution is 2.48. The van der Waals surface area contributed by atoms with Gasteiger partial charge >= 0.3 is 0 Å². The number of aromatic nitrogens is 4. The van der Waals surface area contributed by atoms with Gasteiger partial charge in [-0.25, -0.2) is 9.97 Å². The lowest BCUT2D eigenvalue weighted by Gasteiger charge is -2.17. The highest BCUT2D eigenvalue weighted by Gasteiger charge is 2.23. The third-order valence-corrected chi connectivity index (χ3v) is 17.6. The molecule has 6 heterocycles. The lowest BCUT2D eigenvalue weighted by Crippen LogP contribution is -1.94. The van der Waals surface area contributed by atoms with Crippen molar-refractivity contribution < 1.29 is 8.83 Å². The van der Waals surface area contributed by atoms with E-state index in [1.54, 1.807) is 0 Å². The molecule has 0 bridgehead atoms. The molecular formula is C80H46N4O2. The molecule has 0 saturated heterocycles. The zero-order valence-electron chi connectivity index (χ0n) is 46.2. The molecule has 0 unspecified atom stereocenters. The van der Waals surface area contributed by atoms with E-state index in [2.05, 4.69) is 242 Å². The third-order valence-electron chi connectivity index (χ3n) is 17.6. The molecule has 18 aromatic rings. The van der Waals surface area contributed by atoms with Gasteiger partial charge in [-0.3, -0.25) is 9.97 Å². The summed E-state index contributed by atoms with van der Waals surface area (Å²) in [6.45, 7) is 0. The second-order valence-electron chi connectivity index (χ2n) is 22.3. The molecule has 86 heavy (non-hydrogen) atoms. The van der Waals surface area contributed by atoms with Crippen LogP contribution in [0.2, 0.25) is 0 Å². The molecule has 12 aromatic carbocycles. The summed E-state index contributed by atoms with van der Waals surface area (Å²) in [6.07, 6.45) is 5.68. The lowest BCUT2D eigenvalue weighted by atomic mass is 9.87. The van der Waals surface area contributed by atoms with Crippen molar-refractivity contribution in [1.29, 1.82) is 0 Å². The van der Waals surface area contributed by atoms with Gasteiger partial charge in [-0.1, -0.05) is 176 Å². The predicted octanol–water partition coefficient (Wildman–Crippen LogP) is 21.7. The van der Waals surface area contributed by atoms with Gasteiger partial charge in [0.05, 0.1) is 28.5 Å². The summed E-state index contributed by atoms with van der Waals surface area (Å²) in [5, 5.41) is 18.0. The van der Waals surface area contributed by atoms with Gasteiger partial charge in [0, 0.05) is 73.2 Å². The van der Waals surface area contributed by atoms with E-state index in [9.17, 15) is 0 Å². The number of hydrogen-bond donors (Lipinski definition) is 0. The molecule has 18 rings (SSSR count). The number of benzene rings is 12. The fraction of sp³-hybridized carbons (Fsp3) is 0. The van der Waals surface area contributed by atoms with Crippen LogP contribution in [0.3, 0.4) is 0 Å². The van der Waals surface area contributed by atoms with Gasteiger partial charge in [0.1, 0.15) is 22.3 Å². The van der Waals surface area contributed by atoms with Crippen LogP contribution in [0.5, 0.6) is 0 Å². The molecule has 0 aliphatic heterocycles. The summed E-state index contributed by atoms with van der Waals surface area (Å²) in [5.74, 6) is 0. The Hall–Kier alpha value is -11.6. The average molecular weight is 1100 g/mol. The molecule has 0 radical (unpaired) electrons. The molecule has 398 valence electrons. The van der Waals surface area contributed by atoms with Crippen molar-refractivity contribution in [2.75, 3.05) is 0 Å². The van der Waals surface area contributed by atoms with Crippen LogP contribution in [0.1, 0.15) is 0 Å². The summed E-state index contributed by atoms with van der Waals surface area (Å²) in [5.41, 5.74) is 17.6. The Balaban J connectivity index is 0.717. The molecule has 6 heteroatoms.